The van der Waals surface area contributed by atoms with Gasteiger partial charge in [0.25, 0.3) is 0 Å². The van der Waals surface area contributed by atoms with E-state index in [-0.39, 0.29) is 11.1 Å². The summed E-state index contributed by atoms with van der Waals surface area (Å²) in [5.74, 6) is 0.584. The molecule has 100 valence electrons. The third-order valence-electron chi connectivity index (χ3n) is 2.71. The van der Waals surface area contributed by atoms with E-state index in [0.717, 1.165) is 0 Å². The summed E-state index contributed by atoms with van der Waals surface area (Å²) in [6.07, 6.45) is 0. The molecule has 0 aromatic carbocycles. The molecule has 2 aromatic heterocycles. The van der Waals surface area contributed by atoms with Gasteiger partial charge in [0.05, 0.1) is 0 Å². The second kappa shape index (κ2) is 4.76. The molecule has 0 atom stereocenters. The van der Waals surface area contributed by atoms with Crippen LogP contribution in [0.1, 0.15) is 43.8 Å². The molecule has 2 aromatic rings. The van der Waals surface area contributed by atoms with Gasteiger partial charge >= 0.3 is 11.9 Å². The molecule has 0 aliphatic rings. The number of ether oxygens (including phenoxy) is 1. The highest BCUT2D eigenvalue weighted by molar-refractivity contribution is 6.03. The van der Waals surface area contributed by atoms with Crippen molar-refractivity contribution in [2.75, 3.05) is 0 Å². The molecule has 0 unspecified atom stereocenters. The van der Waals surface area contributed by atoms with Crippen molar-refractivity contribution in [3.63, 3.8) is 0 Å². The van der Waals surface area contributed by atoms with Gasteiger partial charge in [0, 0.05) is 0 Å². The van der Waals surface area contributed by atoms with E-state index in [1.54, 1.807) is 39.8 Å². The summed E-state index contributed by atoms with van der Waals surface area (Å²) in [6, 6.07) is 3.08. The predicted molar refractivity (Wildman–Crippen MR) is 66.1 cm³/mol. The Morgan fingerprint density at radius 3 is 1.47 bits per heavy atom. The first kappa shape index (κ1) is 13.1. The Balaban J connectivity index is 2.18. The smallest absolute Gasteiger partial charge is 0.349 e. The summed E-state index contributed by atoms with van der Waals surface area (Å²) in [4.78, 5) is 23.7. The lowest BCUT2D eigenvalue weighted by Crippen LogP contribution is -2.13. The lowest BCUT2D eigenvalue weighted by Gasteiger charge is -2.00. The molecule has 0 aliphatic heterocycles. The van der Waals surface area contributed by atoms with Crippen molar-refractivity contribution in [2.45, 2.75) is 27.7 Å². The minimum Gasteiger partial charge on any atom is -0.466 e. The fourth-order valence-corrected chi connectivity index (χ4v) is 1.86. The van der Waals surface area contributed by atoms with Gasteiger partial charge in [-0.25, -0.2) is 9.59 Å². The maximum atomic E-state index is 11.8. The van der Waals surface area contributed by atoms with Crippen LogP contribution in [0.3, 0.4) is 0 Å². The van der Waals surface area contributed by atoms with Crippen LogP contribution in [0.4, 0.5) is 0 Å². The van der Waals surface area contributed by atoms with Crippen LogP contribution in [0.5, 0.6) is 0 Å². The van der Waals surface area contributed by atoms with E-state index < -0.39 is 11.9 Å². The Morgan fingerprint density at radius 2 is 1.21 bits per heavy atom. The minimum absolute atomic E-state index is 0.253. The molecule has 0 amide bonds. The van der Waals surface area contributed by atoms with Crippen LogP contribution < -0.4 is 0 Å². The molecule has 0 saturated heterocycles. The van der Waals surface area contributed by atoms with E-state index in [2.05, 4.69) is 0 Å². The Labute approximate surface area is 110 Å². The van der Waals surface area contributed by atoms with E-state index in [9.17, 15) is 9.59 Å². The van der Waals surface area contributed by atoms with E-state index >= 15 is 0 Å². The quantitative estimate of drug-likeness (QED) is 0.614. The van der Waals surface area contributed by atoms with Gasteiger partial charge in [-0.1, -0.05) is 0 Å². The number of esters is 2. The summed E-state index contributed by atoms with van der Waals surface area (Å²) in [5.41, 5.74) is 0.507. The summed E-state index contributed by atoms with van der Waals surface area (Å²) in [6.45, 7) is 6.72. The zero-order valence-corrected chi connectivity index (χ0v) is 11.2. The molecule has 0 bridgehead atoms. The van der Waals surface area contributed by atoms with Crippen molar-refractivity contribution >= 4 is 11.9 Å². The molecule has 2 heterocycles. The zero-order chi connectivity index (χ0) is 14.2. The fourth-order valence-electron chi connectivity index (χ4n) is 1.86. The molecule has 0 fully saturated rings. The maximum Gasteiger partial charge on any atom is 0.349 e. The van der Waals surface area contributed by atoms with Crippen LogP contribution in [0.15, 0.2) is 21.0 Å². The Morgan fingerprint density at radius 1 is 0.842 bits per heavy atom. The van der Waals surface area contributed by atoms with Gasteiger partial charge in [0.15, 0.2) is 0 Å². The van der Waals surface area contributed by atoms with E-state index in [4.69, 9.17) is 13.6 Å². The maximum absolute atomic E-state index is 11.8. The molecule has 0 N–H and O–H groups in total. The van der Waals surface area contributed by atoms with Crippen molar-refractivity contribution in [1.82, 2.24) is 0 Å². The summed E-state index contributed by atoms with van der Waals surface area (Å²) in [5, 5.41) is 0. The van der Waals surface area contributed by atoms with Crippen molar-refractivity contribution < 1.29 is 23.2 Å². The molecule has 0 spiro atoms. The van der Waals surface area contributed by atoms with Crippen molar-refractivity contribution in [3.8, 4) is 0 Å². The number of aryl methyl sites for hydroxylation is 4. The number of carbonyl (C=O) groups is 2. The number of hydrogen-bond donors (Lipinski definition) is 0. The Kier molecular flexibility index (Phi) is 3.29. The standard InChI is InChI=1S/C14H14O5/c1-7-5-11(9(3)17-7)13(15)19-14(16)12-6-8(2)18-10(12)4/h5-6H,1-4H3. The molecule has 5 nitrogen and oxygen atoms in total. The van der Waals surface area contributed by atoms with Crippen LogP contribution in [0, 0.1) is 27.7 Å². The summed E-state index contributed by atoms with van der Waals surface area (Å²) in [7, 11) is 0. The number of carbonyl (C=O) groups excluding carboxylic acids is 2. The SMILES string of the molecule is Cc1cc(C(=O)OC(=O)c2cc(C)oc2C)c(C)o1. The molecule has 0 saturated carbocycles. The van der Waals surface area contributed by atoms with E-state index in [1.807, 2.05) is 0 Å². The second-order valence-electron chi connectivity index (χ2n) is 4.33. The first-order valence-electron chi connectivity index (χ1n) is 5.79. The van der Waals surface area contributed by atoms with Gasteiger partial charge in [0.2, 0.25) is 0 Å². The Bertz CT molecular complexity index is 589. The topological polar surface area (TPSA) is 69.7 Å². The molecule has 5 heteroatoms. The van der Waals surface area contributed by atoms with Gasteiger partial charge in [-0.3, -0.25) is 0 Å². The first-order chi connectivity index (χ1) is 8.88. The molecule has 0 radical (unpaired) electrons. The fraction of sp³-hybridized carbons (Fsp3) is 0.286. The second-order valence-corrected chi connectivity index (χ2v) is 4.33. The van der Waals surface area contributed by atoms with Crippen LogP contribution in [-0.2, 0) is 4.74 Å². The largest absolute Gasteiger partial charge is 0.466 e. The number of furan rings is 2. The van der Waals surface area contributed by atoms with Gasteiger partial charge < -0.3 is 13.6 Å². The highest BCUT2D eigenvalue weighted by Crippen LogP contribution is 2.18. The normalized spacial score (nSPS) is 10.5. The number of hydrogen-bond acceptors (Lipinski definition) is 5. The lowest BCUT2D eigenvalue weighted by molar-refractivity contribution is 0.0396. The molecule has 2 rings (SSSR count). The average molecular weight is 262 g/mol. The molecular weight excluding hydrogens is 248 g/mol. The zero-order valence-electron chi connectivity index (χ0n) is 11.2. The van der Waals surface area contributed by atoms with Gasteiger partial charge in [-0.2, -0.15) is 0 Å². The molecule has 19 heavy (non-hydrogen) atoms. The van der Waals surface area contributed by atoms with Gasteiger partial charge in [-0.05, 0) is 39.8 Å². The van der Waals surface area contributed by atoms with Gasteiger partial charge in [-0.15, -0.1) is 0 Å². The molecular formula is C14H14O5. The van der Waals surface area contributed by atoms with Crippen LogP contribution in [0.25, 0.3) is 0 Å². The van der Waals surface area contributed by atoms with Crippen LogP contribution in [0.2, 0.25) is 0 Å². The highest BCUT2D eigenvalue weighted by atomic mass is 16.6. The van der Waals surface area contributed by atoms with Crippen LogP contribution >= 0.6 is 0 Å². The third kappa shape index (κ3) is 2.59. The third-order valence-corrected chi connectivity index (χ3v) is 2.71. The molecule has 0 aliphatic carbocycles. The predicted octanol–water partition coefficient (Wildman–Crippen LogP) is 3.10. The van der Waals surface area contributed by atoms with Gasteiger partial charge in [0.1, 0.15) is 34.2 Å². The van der Waals surface area contributed by atoms with Crippen molar-refractivity contribution in [3.05, 3.63) is 46.3 Å². The number of rotatable bonds is 2. The summed E-state index contributed by atoms with van der Waals surface area (Å²) < 4.78 is 15.3. The monoisotopic (exact) mass is 262 g/mol. The lowest BCUT2D eigenvalue weighted by atomic mass is 10.2. The van der Waals surface area contributed by atoms with Crippen molar-refractivity contribution in [1.29, 1.82) is 0 Å². The summed E-state index contributed by atoms with van der Waals surface area (Å²) >= 11 is 0. The van der Waals surface area contributed by atoms with E-state index in [1.165, 1.54) is 0 Å². The average Bonchev–Trinajstić information content (AvgIpc) is 2.81. The van der Waals surface area contributed by atoms with E-state index in [0.29, 0.717) is 23.0 Å². The first-order valence-corrected chi connectivity index (χ1v) is 5.79. The van der Waals surface area contributed by atoms with Crippen LogP contribution in [-0.4, -0.2) is 11.9 Å². The van der Waals surface area contributed by atoms with Crippen molar-refractivity contribution in [2.24, 2.45) is 0 Å². The Hall–Kier alpha value is -2.30. The minimum atomic E-state index is -0.724. The highest BCUT2D eigenvalue weighted by Gasteiger charge is 2.22.